The van der Waals surface area contributed by atoms with Crippen molar-refractivity contribution in [3.8, 4) is 5.75 Å². The number of carbonyl (C=O) groups is 1. The summed E-state index contributed by atoms with van der Waals surface area (Å²) >= 11 is 6.11. The third-order valence-electron chi connectivity index (χ3n) is 4.25. The number of nitrogens with zero attached hydrogens (tertiary/aromatic N) is 2. The van der Waals surface area contributed by atoms with Crippen LogP contribution in [0, 0.1) is 6.92 Å². The fourth-order valence-corrected chi connectivity index (χ4v) is 3.04. The van der Waals surface area contributed by atoms with Crippen molar-refractivity contribution in [2.24, 2.45) is 0 Å². The third kappa shape index (κ3) is 4.01. The molecule has 5 heteroatoms. The van der Waals surface area contributed by atoms with Crippen molar-refractivity contribution in [1.82, 2.24) is 4.90 Å². The second-order valence-electron chi connectivity index (χ2n) is 5.90. The normalized spacial score (nSPS) is 14.6. The first-order valence-corrected chi connectivity index (χ1v) is 8.48. The van der Waals surface area contributed by atoms with E-state index < -0.39 is 0 Å². The fourth-order valence-electron chi connectivity index (χ4n) is 2.87. The molecule has 4 nitrogen and oxygen atoms in total. The van der Waals surface area contributed by atoms with Gasteiger partial charge in [-0.05, 0) is 36.8 Å². The number of piperazine rings is 1. The van der Waals surface area contributed by atoms with Crippen molar-refractivity contribution < 1.29 is 9.53 Å². The summed E-state index contributed by atoms with van der Waals surface area (Å²) < 4.78 is 5.55. The first-order chi connectivity index (χ1) is 11.6. The highest BCUT2D eigenvalue weighted by molar-refractivity contribution is 6.30. The largest absolute Gasteiger partial charge is 0.484 e. The molecule has 0 radical (unpaired) electrons. The molecule has 1 fully saturated rings. The second-order valence-corrected chi connectivity index (χ2v) is 6.34. The lowest BCUT2D eigenvalue weighted by Crippen LogP contribution is -2.50. The van der Waals surface area contributed by atoms with E-state index in [1.807, 2.05) is 53.4 Å². The zero-order valence-corrected chi connectivity index (χ0v) is 14.5. The number of hydrogen-bond donors (Lipinski definition) is 0. The quantitative estimate of drug-likeness (QED) is 0.852. The molecule has 0 bridgehead atoms. The van der Waals surface area contributed by atoms with Gasteiger partial charge in [-0.2, -0.15) is 0 Å². The van der Waals surface area contributed by atoms with Gasteiger partial charge in [0.05, 0.1) is 0 Å². The van der Waals surface area contributed by atoms with E-state index in [1.54, 1.807) is 0 Å². The van der Waals surface area contributed by atoms with E-state index in [1.165, 1.54) is 5.56 Å². The van der Waals surface area contributed by atoms with Crippen LogP contribution in [0.5, 0.6) is 5.75 Å². The summed E-state index contributed by atoms with van der Waals surface area (Å²) in [5.74, 6) is 0.750. The average Bonchev–Trinajstić information content (AvgIpc) is 2.63. The van der Waals surface area contributed by atoms with E-state index in [0.717, 1.165) is 29.5 Å². The van der Waals surface area contributed by atoms with E-state index in [-0.39, 0.29) is 12.5 Å². The van der Waals surface area contributed by atoms with E-state index in [4.69, 9.17) is 16.3 Å². The van der Waals surface area contributed by atoms with Crippen LogP contribution in [0.2, 0.25) is 5.02 Å². The standard InChI is InChI=1S/C19H21ClN2O2/c1-15-7-8-16(20)13-18(15)21-9-11-22(12-10-21)19(23)14-24-17-5-3-2-4-6-17/h2-8,13H,9-12,14H2,1H3. The molecule has 0 saturated carbocycles. The van der Waals surface area contributed by atoms with E-state index in [9.17, 15) is 4.79 Å². The summed E-state index contributed by atoms with van der Waals surface area (Å²) in [7, 11) is 0. The SMILES string of the molecule is Cc1ccc(Cl)cc1N1CCN(C(=O)COc2ccccc2)CC1. The van der Waals surface area contributed by atoms with Gasteiger partial charge in [0.1, 0.15) is 5.75 Å². The summed E-state index contributed by atoms with van der Waals surface area (Å²) in [5, 5.41) is 0.741. The van der Waals surface area contributed by atoms with Gasteiger partial charge in [-0.15, -0.1) is 0 Å². The highest BCUT2D eigenvalue weighted by Gasteiger charge is 2.22. The molecule has 0 N–H and O–H groups in total. The summed E-state index contributed by atoms with van der Waals surface area (Å²) in [6.45, 7) is 5.17. The Balaban J connectivity index is 1.53. The summed E-state index contributed by atoms with van der Waals surface area (Å²) in [6.07, 6.45) is 0. The van der Waals surface area contributed by atoms with Gasteiger partial charge in [0.25, 0.3) is 5.91 Å². The molecule has 0 aliphatic carbocycles. The minimum absolute atomic E-state index is 0.0290. The van der Waals surface area contributed by atoms with Gasteiger partial charge < -0.3 is 14.5 Å². The number of carbonyl (C=O) groups excluding carboxylic acids is 1. The van der Waals surface area contributed by atoms with Gasteiger partial charge in [0.15, 0.2) is 6.61 Å². The molecule has 2 aromatic rings. The molecule has 0 aromatic heterocycles. The zero-order chi connectivity index (χ0) is 16.9. The van der Waals surface area contributed by atoms with E-state index in [0.29, 0.717) is 13.1 Å². The van der Waals surface area contributed by atoms with E-state index in [2.05, 4.69) is 11.8 Å². The van der Waals surface area contributed by atoms with Crippen LogP contribution >= 0.6 is 11.6 Å². The first-order valence-electron chi connectivity index (χ1n) is 8.10. The Morgan fingerprint density at radius 2 is 1.79 bits per heavy atom. The smallest absolute Gasteiger partial charge is 0.260 e. The summed E-state index contributed by atoms with van der Waals surface area (Å²) in [6, 6.07) is 15.3. The Kier molecular flexibility index (Phi) is 5.26. The Bertz CT molecular complexity index is 698. The van der Waals surface area contributed by atoms with Crippen LogP contribution in [-0.4, -0.2) is 43.6 Å². The van der Waals surface area contributed by atoms with Gasteiger partial charge in [0.2, 0.25) is 0 Å². The summed E-state index contributed by atoms with van der Waals surface area (Å²) in [5.41, 5.74) is 2.35. The molecule has 1 saturated heterocycles. The lowest BCUT2D eigenvalue weighted by atomic mass is 10.1. The highest BCUT2D eigenvalue weighted by Crippen LogP contribution is 2.25. The maximum Gasteiger partial charge on any atom is 0.260 e. The minimum atomic E-state index is 0.0290. The number of para-hydroxylation sites is 1. The van der Waals surface area contributed by atoms with Gasteiger partial charge >= 0.3 is 0 Å². The van der Waals surface area contributed by atoms with Crippen molar-refractivity contribution >= 4 is 23.2 Å². The molecule has 0 spiro atoms. The molecule has 24 heavy (non-hydrogen) atoms. The van der Waals surface area contributed by atoms with Crippen LogP contribution in [-0.2, 0) is 4.79 Å². The van der Waals surface area contributed by atoms with Crippen LogP contribution in [0.25, 0.3) is 0 Å². The van der Waals surface area contributed by atoms with Crippen LogP contribution in [0.3, 0.4) is 0 Å². The fraction of sp³-hybridized carbons (Fsp3) is 0.316. The number of benzene rings is 2. The second kappa shape index (κ2) is 7.58. The number of halogens is 1. The Hall–Kier alpha value is -2.20. The summed E-state index contributed by atoms with van der Waals surface area (Å²) in [4.78, 5) is 16.4. The molecular formula is C19H21ClN2O2. The number of amides is 1. The molecule has 126 valence electrons. The van der Waals surface area contributed by atoms with Gasteiger partial charge in [-0.25, -0.2) is 0 Å². The van der Waals surface area contributed by atoms with Crippen molar-refractivity contribution in [2.45, 2.75) is 6.92 Å². The predicted octanol–water partition coefficient (Wildman–Crippen LogP) is 3.38. The minimum Gasteiger partial charge on any atom is -0.484 e. The average molecular weight is 345 g/mol. The molecular weight excluding hydrogens is 324 g/mol. The molecule has 0 atom stereocenters. The Morgan fingerprint density at radius 1 is 1.08 bits per heavy atom. The number of hydrogen-bond acceptors (Lipinski definition) is 3. The topological polar surface area (TPSA) is 32.8 Å². The van der Waals surface area contributed by atoms with Crippen molar-refractivity contribution in [3.05, 3.63) is 59.1 Å². The Morgan fingerprint density at radius 3 is 2.50 bits per heavy atom. The first kappa shape index (κ1) is 16.7. The Labute approximate surface area is 147 Å². The maximum atomic E-state index is 12.3. The van der Waals surface area contributed by atoms with Crippen molar-refractivity contribution in [3.63, 3.8) is 0 Å². The molecule has 2 aromatic carbocycles. The molecule has 1 amide bonds. The van der Waals surface area contributed by atoms with E-state index >= 15 is 0 Å². The number of anilines is 1. The maximum absolute atomic E-state index is 12.3. The van der Waals surface area contributed by atoms with Crippen LogP contribution in [0.1, 0.15) is 5.56 Å². The lowest BCUT2D eigenvalue weighted by Gasteiger charge is -2.36. The van der Waals surface area contributed by atoms with Crippen LogP contribution in [0.4, 0.5) is 5.69 Å². The van der Waals surface area contributed by atoms with Crippen molar-refractivity contribution in [1.29, 1.82) is 0 Å². The highest BCUT2D eigenvalue weighted by atomic mass is 35.5. The van der Waals surface area contributed by atoms with Crippen molar-refractivity contribution in [2.75, 3.05) is 37.7 Å². The van der Waals surface area contributed by atoms with Crippen LogP contribution < -0.4 is 9.64 Å². The third-order valence-corrected chi connectivity index (χ3v) is 4.48. The molecule has 1 aliphatic heterocycles. The number of ether oxygens (including phenoxy) is 1. The monoisotopic (exact) mass is 344 g/mol. The number of aryl methyl sites for hydroxylation is 1. The van der Waals surface area contributed by atoms with Crippen LogP contribution in [0.15, 0.2) is 48.5 Å². The molecule has 1 aliphatic rings. The lowest BCUT2D eigenvalue weighted by molar-refractivity contribution is -0.133. The van der Waals surface area contributed by atoms with Gasteiger partial charge in [-0.3, -0.25) is 4.79 Å². The predicted molar refractivity (Wildman–Crippen MR) is 96.9 cm³/mol. The molecule has 3 rings (SSSR count). The molecule has 0 unspecified atom stereocenters. The zero-order valence-electron chi connectivity index (χ0n) is 13.7. The van der Waals surface area contributed by atoms with Gasteiger partial charge in [0, 0.05) is 36.9 Å². The number of rotatable bonds is 4. The van der Waals surface area contributed by atoms with Gasteiger partial charge in [-0.1, -0.05) is 35.9 Å². The molecule has 1 heterocycles.